The minimum atomic E-state index is -4.49. The Hall–Kier alpha value is -4.12. The van der Waals surface area contributed by atoms with Crippen LogP contribution in [0.15, 0.2) is 96.0 Å². The normalized spacial score (nSPS) is 12.0. The second-order valence-corrected chi connectivity index (χ2v) is 10.5. The van der Waals surface area contributed by atoms with E-state index >= 15 is 0 Å². The van der Waals surface area contributed by atoms with Crippen LogP contribution in [-0.4, -0.2) is 20.9 Å². The summed E-state index contributed by atoms with van der Waals surface area (Å²) in [7, 11) is 0. The van der Waals surface area contributed by atoms with Gasteiger partial charge in [-0.25, -0.2) is 14.5 Å². The molecule has 0 radical (unpaired) electrons. The van der Waals surface area contributed by atoms with Crippen molar-refractivity contribution in [3.05, 3.63) is 123 Å². The molecule has 0 fully saturated rings. The van der Waals surface area contributed by atoms with E-state index in [4.69, 9.17) is 38.0 Å². The Labute approximate surface area is 245 Å². The molecule has 0 atom stereocenters. The van der Waals surface area contributed by atoms with Gasteiger partial charge in [-0.2, -0.15) is 18.3 Å². The van der Waals surface area contributed by atoms with E-state index in [0.29, 0.717) is 36.9 Å². The van der Waals surface area contributed by atoms with Crippen molar-refractivity contribution in [3.8, 4) is 22.1 Å². The van der Waals surface area contributed by atoms with E-state index in [9.17, 15) is 23.1 Å². The second kappa shape index (κ2) is 11.8. The quantitative estimate of drug-likeness (QED) is 0.199. The molecule has 12 heteroatoms. The van der Waals surface area contributed by atoms with Crippen LogP contribution in [0.25, 0.3) is 10.6 Å². The molecule has 0 saturated carbocycles. The molecule has 1 heterocycles. The Morgan fingerprint density at radius 1 is 0.927 bits per heavy atom. The molecule has 0 unspecified atom stereocenters. The van der Waals surface area contributed by atoms with Crippen LogP contribution in [0.1, 0.15) is 21.5 Å². The molecule has 5 rings (SSSR count). The highest BCUT2D eigenvalue weighted by molar-refractivity contribution is 7.12. The van der Waals surface area contributed by atoms with Crippen LogP contribution in [-0.2, 0) is 12.7 Å². The summed E-state index contributed by atoms with van der Waals surface area (Å²) in [5, 5.41) is 15.2. The smallest absolute Gasteiger partial charge is 0.416 e. The molecule has 5 aromatic rings. The highest BCUT2D eigenvalue weighted by Crippen LogP contribution is 2.34. The molecule has 6 nitrogen and oxygen atoms in total. The largest absolute Gasteiger partial charge is 0.478 e. The lowest BCUT2D eigenvalue weighted by molar-refractivity contribution is -0.137. The van der Waals surface area contributed by atoms with Crippen molar-refractivity contribution in [1.82, 2.24) is 9.78 Å². The number of carboxylic acid groups (broad SMARTS) is 1. The average molecular weight is 616 g/mol. The summed E-state index contributed by atoms with van der Waals surface area (Å²) in [4.78, 5) is 16.4. The third kappa shape index (κ3) is 6.97. The number of carbonyl (C=O) groups is 1. The number of hydrogen-bond donors (Lipinski definition) is 1. The van der Waals surface area contributed by atoms with Crippen molar-refractivity contribution in [2.45, 2.75) is 12.7 Å². The minimum absolute atomic E-state index is 0.0475. The molecule has 0 amide bonds. The van der Waals surface area contributed by atoms with Gasteiger partial charge in [-0.1, -0.05) is 64.9 Å². The molecule has 1 N–H and O–H groups in total. The monoisotopic (exact) mass is 615 g/mol. The molecule has 0 saturated heterocycles. The highest BCUT2D eigenvalue weighted by Gasteiger charge is 2.30. The van der Waals surface area contributed by atoms with Crippen LogP contribution in [0.3, 0.4) is 0 Å². The zero-order valence-corrected chi connectivity index (χ0v) is 23.1. The number of ether oxygens (including phenoxy) is 1. The number of carboxylic acids is 1. The predicted octanol–water partition coefficient (Wildman–Crippen LogP) is 8.71. The lowest BCUT2D eigenvalue weighted by Crippen LogP contribution is -2.17. The Morgan fingerprint density at radius 2 is 1.63 bits per heavy atom. The first kappa shape index (κ1) is 28.4. The first-order valence-corrected chi connectivity index (χ1v) is 13.5. The summed E-state index contributed by atoms with van der Waals surface area (Å²) in [6, 6.07) is 22.8. The maximum absolute atomic E-state index is 13.1. The number of hydrogen-bond acceptors (Lipinski definition) is 5. The van der Waals surface area contributed by atoms with Crippen LogP contribution < -0.4 is 9.54 Å². The zero-order chi connectivity index (χ0) is 29.1. The van der Waals surface area contributed by atoms with Crippen LogP contribution in [0, 0.1) is 0 Å². The van der Waals surface area contributed by atoms with Crippen molar-refractivity contribution in [1.29, 1.82) is 0 Å². The minimum Gasteiger partial charge on any atom is -0.478 e. The third-order valence-corrected chi connectivity index (χ3v) is 7.49. The standard InChI is InChI=1S/C29H18Cl2F3N3O3S/c30-24-12-11-21(15-25(24)31)35-28-37(16-17-7-9-18(10-8-17)27(38)39)36-26(41-28)19-3-1-5-22(13-19)40-23-6-2-4-20(14-23)29(32,33)34/h1-15H,16H2,(H,38,39). The number of aromatic nitrogens is 2. The fourth-order valence-electron chi connectivity index (χ4n) is 3.77. The van der Waals surface area contributed by atoms with Gasteiger partial charge < -0.3 is 9.84 Å². The van der Waals surface area contributed by atoms with Crippen molar-refractivity contribution < 1.29 is 27.8 Å². The molecule has 0 aliphatic rings. The van der Waals surface area contributed by atoms with E-state index < -0.39 is 17.7 Å². The van der Waals surface area contributed by atoms with E-state index in [2.05, 4.69) is 0 Å². The number of benzene rings is 4. The maximum Gasteiger partial charge on any atom is 0.416 e. The van der Waals surface area contributed by atoms with Gasteiger partial charge in [0.25, 0.3) is 0 Å². The van der Waals surface area contributed by atoms with E-state index in [-0.39, 0.29) is 17.9 Å². The van der Waals surface area contributed by atoms with Crippen molar-refractivity contribution in [3.63, 3.8) is 0 Å². The van der Waals surface area contributed by atoms with Gasteiger partial charge in [0, 0.05) is 5.56 Å². The fourth-order valence-corrected chi connectivity index (χ4v) is 4.98. The number of halogens is 5. The Kier molecular flexibility index (Phi) is 8.16. The van der Waals surface area contributed by atoms with Gasteiger partial charge in [0.1, 0.15) is 16.5 Å². The average Bonchev–Trinajstić information content (AvgIpc) is 3.33. The first-order valence-electron chi connectivity index (χ1n) is 11.9. The molecule has 0 aliphatic carbocycles. The molecule has 41 heavy (non-hydrogen) atoms. The molecule has 4 aromatic carbocycles. The van der Waals surface area contributed by atoms with Gasteiger partial charge in [0.15, 0.2) is 0 Å². The van der Waals surface area contributed by atoms with Gasteiger partial charge in [0.2, 0.25) is 4.80 Å². The van der Waals surface area contributed by atoms with Gasteiger partial charge in [-0.3, -0.25) is 0 Å². The van der Waals surface area contributed by atoms with Crippen molar-refractivity contribution in [2.75, 3.05) is 0 Å². The molecule has 0 aliphatic heterocycles. The van der Waals surface area contributed by atoms with Gasteiger partial charge >= 0.3 is 12.1 Å². The van der Waals surface area contributed by atoms with E-state index in [1.807, 2.05) is 0 Å². The SMILES string of the molecule is O=C(O)c1ccc(Cn2nc(-c3cccc(Oc4cccc(C(F)(F)F)c4)c3)sc2=Nc2ccc(Cl)c(Cl)c2)cc1. The Balaban J connectivity index is 1.51. The zero-order valence-electron chi connectivity index (χ0n) is 20.8. The molecular formula is C29H18Cl2F3N3O3S. The third-order valence-electron chi connectivity index (χ3n) is 5.76. The molecule has 1 aromatic heterocycles. The predicted molar refractivity (Wildman–Crippen MR) is 151 cm³/mol. The molecule has 0 bridgehead atoms. The molecule has 208 valence electrons. The lowest BCUT2D eigenvalue weighted by atomic mass is 10.1. The van der Waals surface area contributed by atoms with Crippen molar-refractivity contribution >= 4 is 46.2 Å². The summed E-state index contributed by atoms with van der Waals surface area (Å²) in [6.07, 6.45) is -4.49. The fraction of sp³-hybridized carbons (Fsp3) is 0.0690. The highest BCUT2D eigenvalue weighted by atomic mass is 35.5. The Bertz CT molecular complexity index is 1800. The number of nitrogens with zero attached hydrogens (tertiary/aromatic N) is 3. The van der Waals surface area contributed by atoms with Crippen LogP contribution in [0.5, 0.6) is 11.5 Å². The second-order valence-electron chi connectivity index (χ2n) is 8.72. The summed E-state index contributed by atoms with van der Waals surface area (Å²) >= 11 is 13.5. The van der Waals surface area contributed by atoms with Crippen LogP contribution in [0.2, 0.25) is 10.0 Å². The summed E-state index contributed by atoms with van der Waals surface area (Å²) in [5.74, 6) is -0.648. The van der Waals surface area contributed by atoms with Gasteiger partial charge in [-0.15, -0.1) is 0 Å². The van der Waals surface area contributed by atoms with Crippen LogP contribution >= 0.6 is 34.5 Å². The Morgan fingerprint density at radius 3 is 2.32 bits per heavy atom. The first-order chi connectivity index (χ1) is 19.5. The van der Waals surface area contributed by atoms with E-state index in [0.717, 1.165) is 17.7 Å². The molecule has 0 spiro atoms. The van der Waals surface area contributed by atoms with Gasteiger partial charge in [0.05, 0.1) is 33.4 Å². The molecular weight excluding hydrogens is 598 g/mol. The van der Waals surface area contributed by atoms with E-state index in [1.54, 1.807) is 59.3 Å². The van der Waals surface area contributed by atoms with Crippen molar-refractivity contribution in [2.24, 2.45) is 4.99 Å². The summed E-state index contributed by atoms with van der Waals surface area (Å²) in [6.45, 7) is 0.289. The maximum atomic E-state index is 13.1. The van der Waals surface area contributed by atoms with E-state index in [1.165, 1.54) is 35.6 Å². The van der Waals surface area contributed by atoms with Gasteiger partial charge in [-0.05, 0) is 66.2 Å². The number of aromatic carboxylic acids is 1. The summed E-state index contributed by atoms with van der Waals surface area (Å²) < 4.78 is 46.8. The number of rotatable bonds is 7. The summed E-state index contributed by atoms with van der Waals surface area (Å²) in [5.41, 5.74) is 1.35. The lowest BCUT2D eigenvalue weighted by Gasteiger charge is -2.10. The van der Waals surface area contributed by atoms with Crippen LogP contribution in [0.4, 0.5) is 18.9 Å². The number of alkyl halides is 3. The topological polar surface area (TPSA) is 76.7 Å².